The number of aliphatic hydroxyl groups excluding tert-OH is 1. The van der Waals surface area contributed by atoms with Gasteiger partial charge in [0.05, 0.1) is 13.2 Å². The second-order valence-electron chi connectivity index (χ2n) is 8.11. The van der Waals surface area contributed by atoms with Gasteiger partial charge in [-0.05, 0) is 60.6 Å². The van der Waals surface area contributed by atoms with Crippen molar-refractivity contribution in [2.75, 3.05) is 6.54 Å². The predicted molar refractivity (Wildman–Crippen MR) is 101 cm³/mol. The summed E-state index contributed by atoms with van der Waals surface area (Å²) in [5, 5.41) is 12.1. The molecule has 0 radical (unpaired) electrons. The largest absolute Gasteiger partial charge is 0.459 e. The first-order chi connectivity index (χ1) is 13.2. The van der Waals surface area contributed by atoms with Crippen LogP contribution in [0.5, 0.6) is 0 Å². The minimum Gasteiger partial charge on any atom is -0.459 e. The van der Waals surface area contributed by atoms with E-state index < -0.39 is 0 Å². The highest BCUT2D eigenvalue weighted by molar-refractivity contribution is 5.91. The van der Waals surface area contributed by atoms with Crippen LogP contribution in [0.4, 0.5) is 0 Å². The lowest BCUT2D eigenvalue weighted by atomic mass is 9.73. The number of hydrogen-bond acceptors (Lipinski definition) is 4. The first-order valence-corrected chi connectivity index (χ1v) is 10.2. The second-order valence-corrected chi connectivity index (χ2v) is 8.11. The van der Waals surface area contributed by atoms with Crippen LogP contribution < -0.4 is 5.32 Å². The lowest BCUT2D eigenvalue weighted by Crippen LogP contribution is -2.36. The average molecular weight is 371 g/mol. The first-order valence-electron chi connectivity index (χ1n) is 10.2. The lowest BCUT2D eigenvalue weighted by molar-refractivity contribution is -0.156. The van der Waals surface area contributed by atoms with Crippen LogP contribution in [0.15, 0.2) is 36.1 Å². The maximum absolute atomic E-state index is 12.5. The molecule has 0 saturated heterocycles. The minimum atomic E-state index is -0.389. The minimum absolute atomic E-state index is 0.0417. The van der Waals surface area contributed by atoms with Crippen molar-refractivity contribution in [3.05, 3.63) is 47.2 Å². The van der Waals surface area contributed by atoms with Crippen LogP contribution >= 0.6 is 0 Å². The van der Waals surface area contributed by atoms with E-state index in [0.29, 0.717) is 30.1 Å². The normalized spacial score (nSPS) is 25.3. The predicted octanol–water partition coefficient (Wildman–Crippen LogP) is 3.27. The number of amides is 1. The number of benzene rings is 1. The van der Waals surface area contributed by atoms with Crippen LogP contribution in [0.1, 0.15) is 49.7 Å². The lowest BCUT2D eigenvalue weighted by Gasteiger charge is -2.37. The maximum Gasteiger partial charge on any atom is 0.286 e. The van der Waals surface area contributed by atoms with Crippen molar-refractivity contribution < 1.29 is 19.4 Å². The zero-order valence-electron chi connectivity index (χ0n) is 15.7. The molecule has 2 aliphatic carbocycles. The number of nitrogens with one attached hydrogen (secondary N) is 1. The molecular formula is C22H29NO4. The van der Waals surface area contributed by atoms with E-state index in [1.54, 1.807) is 0 Å². The Morgan fingerprint density at radius 1 is 1.15 bits per heavy atom. The summed E-state index contributed by atoms with van der Waals surface area (Å²) >= 11 is 0. The molecule has 2 fully saturated rings. The highest BCUT2D eigenvalue weighted by atomic mass is 16.7. The molecule has 1 aromatic carbocycles. The summed E-state index contributed by atoms with van der Waals surface area (Å²) in [6.07, 6.45) is 8.61. The van der Waals surface area contributed by atoms with Crippen LogP contribution in [0.25, 0.3) is 0 Å². The summed E-state index contributed by atoms with van der Waals surface area (Å²) in [7, 11) is 0. The molecule has 1 aliphatic heterocycles. The molecule has 1 amide bonds. The zero-order valence-corrected chi connectivity index (χ0v) is 15.7. The molecule has 1 aromatic rings. The van der Waals surface area contributed by atoms with Crippen molar-refractivity contribution in [3.8, 4) is 0 Å². The Balaban J connectivity index is 1.36. The number of aliphatic hydroxyl groups is 1. The van der Waals surface area contributed by atoms with Gasteiger partial charge in [-0.2, -0.15) is 0 Å². The Morgan fingerprint density at radius 3 is 2.52 bits per heavy atom. The molecule has 2 atom stereocenters. The molecular weight excluding hydrogens is 342 g/mol. The highest BCUT2D eigenvalue weighted by Gasteiger charge is 2.35. The monoisotopic (exact) mass is 371 g/mol. The molecule has 2 saturated carbocycles. The fraction of sp³-hybridized carbons (Fsp3) is 0.591. The Bertz CT molecular complexity index is 676. The van der Waals surface area contributed by atoms with Gasteiger partial charge in [-0.15, -0.1) is 0 Å². The Hall–Kier alpha value is -1.85. The van der Waals surface area contributed by atoms with E-state index in [1.165, 1.54) is 32.1 Å². The van der Waals surface area contributed by atoms with Gasteiger partial charge in [0.2, 0.25) is 6.29 Å². The second kappa shape index (κ2) is 8.44. The molecule has 4 rings (SSSR count). The molecule has 5 nitrogen and oxygen atoms in total. The highest BCUT2D eigenvalue weighted by Crippen LogP contribution is 2.40. The van der Waals surface area contributed by atoms with Gasteiger partial charge in [0.1, 0.15) is 0 Å². The number of carbonyl (C=O) groups is 1. The first kappa shape index (κ1) is 18.5. The Morgan fingerprint density at radius 2 is 1.89 bits per heavy atom. The molecule has 5 heteroatoms. The third-order valence-corrected chi connectivity index (χ3v) is 5.96. The quantitative estimate of drug-likeness (QED) is 0.736. The van der Waals surface area contributed by atoms with Gasteiger partial charge in [-0.1, -0.05) is 30.7 Å². The molecule has 2 N–H and O–H groups in total. The topological polar surface area (TPSA) is 67.8 Å². The maximum atomic E-state index is 12.5. The van der Waals surface area contributed by atoms with Crippen LogP contribution in [0, 0.1) is 17.8 Å². The summed E-state index contributed by atoms with van der Waals surface area (Å²) in [6.45, 7) is 1.22. The van der Waals surface area contributed by atoms with Crippen molar-refractivity contribution in [3.63, 3.8) is 0 Å². The van der Waals surface area contributed by atoms with E-state index in [9.17, 15) is 4.79 Å². The Kier molecular flexibility index (Phi) is 5.79. The molecule has 0 spiro atoms. The van der Waals surface area contributed by atoms with E-state index in [4.69, 9.17) is 14.6 Å². The van der Waals surface area contributed by atoms with Gasteiger partial charge in [0, 0.05) is 13.0 Å². The number of ether oxygens (including phenoxy) is 2. The van der Waals surface area contributed by atoms with Gasteiger partial charge >= 0.3 is 0 Å². The fourth-order valence-electron chi connectivity index (χ4n) is 3.72. The number of allylic oxidation sites excluding steroid dienone is 1. The van der Waals surface area contributed by atoms with E-state index in [0.717, 1.165) is 24.1 Å². The van der Waals surface area contributed by atoms with Crippen molar-refractivity contribution in [2.45, 2.75) is 58.0 Å². The standard InChI is InChI=1S/C22H29NO4/c24-13-16-6-8-17(9-7-16)14-26-21-11-19(18-2-1-3-18)10-20(27-21)22(25)23-12-15-4-5-15/h6-10,15,18-19,21,24H,1-5,11-14H2,(H,23,25)/t19-,21+/m1/s1. The van der Waals surface area contributed by atoms with Crippen LogP contribution in [0.3, 0.4) is 0 Å². The van der Waals surface area contributed by atoms with Crippen LogP contribution in [-0.4, -0.2) is 23.8 Å². The molecule has 0 bridgehead atoms. The summed E-state index contributed by atoms with van der Waals surface area (Å²) in [5.41, 5.74) is 1.92. The molecule has 0 aromatic heterocycles. The molecule has 3 aliphatic rings. The van der Waals surface area contributed by atoms with Gasteiger partial charge in [0.15, 0.2) is 5.76 Å². The van der Waals surface area contributed by atoms with Gasteiger partial charge in [0.25, 0.3) is 5.91 Å². The van der Waals surface area contributed by atoms with Crippen LogP contribution in [0.2, 0.25) is 0 Å². The van der Waals surface area contributed by atoms with E-state index in [2.05, 4.69) is 5.32 Å². The fourth-order valence-corrected chi connectivity index (χ4v) is 3.72. The van der Waals surface area contributed by atoms with Crippen LogP contribution in [-0.2, 0) is 27.5 Å². The summed E-state index contributed by atoms with van der Waals surface area (Å²) in [5.74, 6) is 1.98. The number of hydrogen-bond donors (Lipinski definition) is 2. The summed E-state index contributed by atoms with van der Waals surface area (Å²) in [6, 6.07) is 7.70. The zero-order chi connectivity index (χ0) is 18.6. The smallest absolute Gasteiger partial charge is 0.286 e. The summed E-state index contributed by atoms with van der Waals surface area (Å²) < 4.78 is 11.9. The van der Waals surface area contributed by atoms with Gasteiger partial charge < -0.3 is 19.9 Å². The van der Waals surface area contributed by atoms with E-state index in [1.807, 2.05) is 30.3 Å². The third kappa shape index (κ3) is 4.90. The van der Waals surface area contributed by atoms with Crippen molar-refractivity contribution in [2.24, 2.45) is 17.8 Å². The summed E-state index contributed by atoms with van der Waals surface area (Å²) in [4.78, 5) is 12.5. The molecule has 146 valence electrons. The Labute approximate surface area is 160 Å². The van der Waals surface area contributed by atoms with Gasteiger partial charge in [-0.3, -0.25) is 4.79 Å². The third-order valence-electron chi connectivity index (χ3n) is 5.96. The SMILES string of the molecule is O=C(NCC1CC1)C1=C[C@@H](C2CCC2)C[C@@H](OCc2ccc(CO)cc2)O1. The number of carbonyl (C=O) groups excluding carboxylic acids is 1. The van der Waals surface area contributed by atoms with E-state index in [-0.39, 0.29) is 18.8 Å². The van der Waals surface area contributed by atoms with Crippen molar-refractivity contribution in [1.82, 2.24) is 5.32 Å². The molecule has 0 unspecified atom stereocenters. The molecule has 1 heterocycles. The van der Waals surface area contributed by atoms with Gasteiger partial charge in [-0.25, -0.2) is 0 Å². The van der Waals surface area contributed by atoms with Crippen molar-refractivity contribution >= 4 is 5.91 Å². The average Bonchev–Trinajstić information content (AvgIpc) is 3.48. The van der Waals surface area contributed by atoms with Crippen molar-refractivity contribution in [1.29, 1.82) is 0 Å². The molecule has 27 heavy (non-hydrogen) atoms. The number of rotatable bonds is 8. The van der Waals surface area contributed by atoms with E-state index >= 15 is 0 Å².